The number of thioether (sulfide) groups is 1. The third-order valence-electron chi connectivity index (χ3n) is 1.95. The zero-order chi connectivity index (χ0) is 9.10. The number of nitrogens with zero attached hydrogens (tertiary/aromatic N) is 3. The Morgan fingerprint density at radius 3 is 2.62 bits per heavy atom. The van der Waals surface area contributed by atoms with E-state index in [1.54, 1.807) is 12.4 Å². The fourth-order valence-corrected chi connectivity index (χ4v) is 2.43. The van der Waals surface area contributed by atoms with Crippen LogP contribution in [0.5, 0.6) is 0 Å². The average Bonchev–Trinajstić information content (AvgIpc) is 2.20. The maximum absolute atomic E-state index is 5.94. The second-order valence-electron chi connectivity index (χ2n) is 2.77. The molecule has 0 spiro atoms. The molecule has 70 valence electrons. The molecule has 0 radical (unpaired) electrons. The molecule has 13 heavy (non-hydrogen) atoms. The van der Waals surface area contributed by atoms with Crippen LogP contribution in [-0.4, -0.2) is 34.6 Å². The van der Waals surface area contributed by atoms with Crippen molar-refractivity contribution in [3.63, 3.8) is 0 Å². The second kappa shape index (κ2) is 4.15. The fourth-order valence-electron chi connectivity index (χ4n) is 1.30. The van der Waals surface area contributed by atoms with Crippen LogP contribution in [0.3, 0.4) is 0 Å². The van der Waals surface area contributed by atoms with Crippen LogP contribution >= 0.6 is 23.4 Å². The Morgan fingerprint density at radius 1 is 1.23 bits per heavy atom. The van der Waals surface area contributed by atoms with E-state index < -0.39 is 0 Å². The lowest BCUT2D eigenvalue weighted by Gasteiger charge is -2.27. The van der Waals surface area contributed by atoms with Crippen molar-refractivity contribution in [3.8, 4) is 0 Å². The van der Waals surface area contributed by atoms with Crippen LogP contribution < -0.4 is 4.90 Å². The van der Waals surface area contributed by atoms with Gasteiger partial charge in [0.05, 0.1) is 0 Å². The van der Waals surface area contributed by atoms with E-state index in [2.05, 4.69) is 14.9 Å². The lowest BCUT2D eigenvalue weighted by molar-refractivity contribution is 0.834. The van der Waals surface area contributed by atoms with Crippen LogP contribution in [0.25, 0.3) is 0 Å². The van der Waals surface area contributed by atoms with Gasteiger partial charge in [-0.25, -0.2) is 9.97 Å². The zero-order valence-electron chi connectivity index (χ0n) is 7.11. The maximum atomic E-state index is 5.94. The highest BCUT2D eigenvalue weighted by molar-refractivity contribution is 7.99. The normalized spacial score (nSPS) is 17.5. The summed E-state index contributed by atoms with van der Waals surface area (Å²) in [6.07, 6.45) is 3.30. The van der Waals surface area contributed by atoms with E-state index in [4.69, 9.17) is 11.6 Å². The highest BCUT2D eigenvalue weighted by Gasteiger charge is 2.15. The minimum absolute atomic E-state index is 0.509. The Kier molecular flexibility index (Phi) is 2.90. The first kappa shape index (κ1) is 9.09. The Hall–Kier alpha value is -0.480. The van der Waals surface area contributed by atoms with E-state index in [0.29, 0.717) is 5.15 Å². The van der Waals surface area contributed by atoms with Crippen molar-refractivity contribution in [2.45, 2.75) is 0 Å². The zero-order valence-corrected chi connectivity index (χ0v) is 8.68. The summed E-state index contributed by atoms with van der Waals surface area (Å²) in [6.45, 7) is 2.03. The predicted molar refractivity (Wildman–Crippen MR) is 56.6 cm³/mol. The first-order chi connectivity index (χ1) is 6.38. The molecule has 0 aromatic carbocycles. The minimum atomic E-state index is 0.509. The average molecular weight is 216 g/mol. The van der Waals surface area contributed by atoms with Crippen molar-refractivity contribution in [1.29, 1.82) is 0 Å². The number of aromatic nitrogens is 2. The largest absolute Gasteiger partial charge is 0.352 e. The van der Waals surface area contributed by atoms with Crippen molar-refractivity contribution in [2.75, 3.05) is 29.5 Å². The molecule has 0 aliphatic carbocycles. The van der Waals surface area contributed by atoms with Crippen LogP contribution in [0.15, 0.2) is 12.4 Å². The molecule has 5 heteroatoms. The van der Waals surface area contributed by atoms with Gasteiger partial charge in [0, 0.05) is 37.0 Å². The number of hydrogen-bond acceptors (Lipinski definition) is 4. The monoisotopic (exact) mass is 215 g/mol. The molecular weight excluding hydrogens is 206 g/mol. The van der Waals surface area contributed by atoms with Crippen molar-refractivity contribution in [3.05, 3.63) is 17.5 Å². The summed E-state index contributed by atoms with van der Waals surface area (Å²) in [4.78, 5) is 10.4. The molecule has 0 N–H and O–H groups in total. The molecule has 0 unspecified atom stereocenters. The second-order valence-corrected chi connectivity index (χ2v) is 4.35. The molecule has 1 saturated heterocycles. The van der Waals surface area contributed by atoms with Crippen molar-refractivity contribution < 1.29 is 0 Å². The molecule has 2 rings (SSSR count). The van der Waals surface area contributed by atoms with Gasteiger partial charge in [-0.2, -0.15) is 11.8 Å². The standard InChI is InChI=1S/C8H10ClN3S/c9-7-8(11-2-1-10-7)12-3-5-13-6-4-12/h1-2H,3-6H2. The molecule has 0 amide bonds. The van der Waals surface area contributed by atoms with E-state index in [1.807, 2.05) is 11.8 Å². The number of rotatable bonds is 1. The van der Waals surface area contributed by atoms with Crippen LogP contribution in [0.4, 0.5) is 5.82 Å². The Bertz CT molecular complexity index is 288. The predicted octanol–water partition coefficient (Wildman–Crippen LogP) is 1.68. The van der Waals surface area contributed by atoms with Crippen molar-refractivity contribution in [1.82, 2.24) is 9.97 Å². The van der Waals surface area contributed by atoms with Gasteiger partial charge in [-0.3, -0.25) is 0 Å². The van der Waals surface area contributed by atoms with Gasteiger partial charge in [0.25, 0.3) is 0 Å². The van der Waals surface area contributed by atoms with Crippen LogP contribution in [-0.2, 0) is 0 Å². The Balaban J connectivity index is 2.18. The lowest BCUT2D eigenvalue weighted by Crippen LogP contribution is -2.33. The van der Waals surface area contributed by atoms with Gasteiger partial charge in [-0.05, 0) is 0 Å². The molecule has 0 saturated carbocycles. The molecule has 1 aliphatic rings. The third-order valence-corrected chi connectivity index (χ3v) is 3.16. The summed E-state index contributed by atoms with van der Waals surface area (Å²) < 4.78 is 0. The Morgan fingerprint density at radius 2 is 1.92 bits per heavy atom. The smallest absolute Gasteiger partial charge is 0.171 e. The topological polar surface area (TPSA) is 29.0 Å². The van der Waals surface area contributed by atoms with E-state index >= 15 is 0 Å². The van der Waals surface area contributed by atoms with Gasteiger partial charge in [0.1, 0.15) is 0 Å². The van der Waals surface area contributed by atoms with Crippen molar-refractivity contribution >= 4 is 29.2 Å². The molecule has 2 heterocycles. The fraction of sp³-hybridized carbons (Fsp3) is 0.500. The Labute approximate surface area is 86.5 Å². The van der Waals surface area contributed by atoms with Gasteiger partial charge >= 0.3 is 0 Å². The summed E-state index contributed by atoms with van der Waals surface area (Å²) >= 11 is 7.90. The first-order valence-electron chi connectivity index (χ1n) is 4.17. The van der Waals surface area contributed by atoms with Gasteiger partial charge in [-0.15, -0.1) is 0 Å². The molecule has 0 atom stereocenters. The molecule has 1 fully saturated rings. The van der Waals surface area contributed by atoms with E-state index in [9.17, 15) is 0 Å². The number of anilines is 1. The summed E-state index contributed by atoms with van der Waals surface area (Å²) in [6, 6.07) is 0. The molecule has 1 aromatic heterocycles. The van der Waals surface area contributed by atoms with Gasteiger partial charge in [0.2, 0.25) is 0 Å². The summed E-state index contributed by atoms with van der Waals surface area (Å²) in [7, 11) is 0. The van der Waals surface area contributed by atoms with Gasteiger partial charge < -0.3 is 4.90 Å². The van der Waals surface area contributed by atoms with Crippen molar-refractivity contribution in [2.24, 2.45) is 0 Å². The molecular formula is C8H10ClN3S. The highest BCUT2D eigenvalue weighted by atomic mass is 35.5. The molecule has 0 bridgehead atoms. The van der Waals surface area contributed by atoms with E-state index in [1.165, 1.54) is 0 Å². The number of hydrogen-bond donors (Lipinski definition) is 0. The van der Waals surface area contributed by atoms with Gasteiger partial charge in [0.15, 0.2) is 11.0 Å². The SMILES string of the molecule is Clc1nccnc1N1CCSCC1. The summed E-state index contributed by atoms with van der Waals surface area (Å²) in [5.74, 6) is 3.12. The molecule has 3 nitrogen and oxygen atoms in total. The minimum Gasteiger partial charge on any atom is -0.352 e. The van der Waals surface area contributed by atoms with Crippen LogP contribution in [0, 0.1) is 0 Å². The maximum Gasteiger partial charge on any atom is 0.171 e. The number of halogens is 1. The molecule has 1 aliphatic heterocycles. The van der Waals surface area contributed by atoms with E-state index in [-0.39, 0.29) is 0 Å². The molecule has 1 aromatic rings. The quantitative estimate of drug-likeness (QED) is 0.713. The van der Waals surface area contributed by atoms with Gasteiger partial charge in [-0.1, -0.05) is 11.6 Å². The van der Waals surface area contributed by atoms with E-state index in [0.717, 1.165) is 30.4 Å². The highest BCUT2D eigenvalue weighted by Crippen LogP contribution is 2.22. The third kappa shape index (κ3) is 2.06. The first-order valence-corrected chi connectivity index (χ1v) is 5.70. The van der Waals surface area contributed by atoms with Crippen LogP contribution in [0.2, 0.25) is 5.15 Å². The lowest BCUT2D eigenvalue weighted by atomic mass is 10.5. The van der Waals surface area contributed by atoms with Crippen LogP contribution in [0.1, 0.15) is 0 Å². The summed E-state index contributed by atoms with van der Waals surface area (Å²) in [5.41, 5.74) is 0. The summed E-state index contributed by atoms with van der Waals surface area (Å²) in [5, 5.41) is 0.509.